The predicted octanol–water partition coefficient (Wildman–Crippen LogP) is 1.33. The van der Waals surface area contributed by atoms with Gasteiger partial charge in [-0.15, -0.1) is 0 Å². The molecule has 12 heavy (non-hydrogen) atoms. The van der Waals surface area contributed by atoms with Gasteiger partial charge in [0.05, 0.1) is 0 Å². The number of hydrogen-bond acceptors (Lipinski definition) is 2. The molecule has 1 aliphatic rings. The lowest BCUT2D eigenvalue weighted by Crippen LogP contribution is -2.37. The van der Waals surface area contributed by atoms with Crippen molar-refractivity contribution >= 4 is 0 Å². The second-order valence-corrected chi connectivity index (χ2v) is 4.05. The van der Waals surface area contributed by atoms with E-state index in [9.17, 15) is 0 Å². The summed E-state index contributed by atoms with van der Waals surface area (Å²) in [7, 11) is 2.06. The third-order valence-electron chi connectivity index (χ3n) is 2.89. The molecule has 2 atom stereocenters. The highest BCUT2D eigenvalue weighted by atomic mass is 15.2. The van der Waals surface area contributed by atoms with Gasteiger partial charge in [0.1, 0.15) is 0 Å². The Hall–Kier alpha value is -0.0800. The number of rotatable bonds is 4. The Labute approximate surface area is 76.3 Å². The van der Waals surface area contributed by atoms with Crippen LogP contribution in [0.25, 0.3) is 0 Å². The van der Waals surface area contributed by atoms with Crippen LogP contribution < -0.4 is 5.32 Å². The molecule has 72 valence electrons. The summed E-state index contributed by atoms with van der Waals surface area (Å²) in [5.74, 6) is 0.916. The van der Waals surface area contributed by atoms with Gasteiger partial charge in [0.2, 0.25) is 0 Å². The first-order valence-corrected chi connectivity index (χ1v) is 5.15. The fourth-order valence-corrected chi connectivity index (χ4v) is 1.93. The molecule has 0 aromatic carbocycles. The SMILES string of the molecule is CCC(CN1CCC(C)C1)NC. The Morgan fingerprint density at radius 2 is 2.33 bits per heavy atom. The summed E-state index contributed by atoms with van der Waals surface area (Å²) in [6.45, 7) is 8.44. The molecule has 1 heterocycles. The maximum atomic E-state index is 3.35. The van der Waals surface area contributed by atoms with Crippen LogP contribution in [-0.2, 0) is 0 Å². The molecule has 0 aliphatic carbocycles. The fourth-order valence-electron chi connectivity index (χ4n) is 1.93. The van der Waals surface area contributed by atoms with Gasteiger partial charge >= 0.3 is 0 Å². The largest absolute Gasteiger partial charge is 0.316 e. The molecular weight excluding hydrogens is 148 g/mol. The van der Waals surface area contributed by atoms with Crippen LogP contribution in [-0.4, -0.2) is 37.6 Å². The number of likely N-dealkylation sites (tertiary alicyclic amines) is 1. The maximum Gasteiger partial charge on any atom is 0.0189 e. The molecule has 1 N–H and O–H groups in total. The van der Waals surface area contributed by atoms with Crippen molar-refractivity contribution in [3.8, 4) is 0 Å². The second kappa shape index (κ2) is 4.83. The Morgan fingerprint density at radius 1 is 1.58 bits per heavy atom. The highest BCUT2D eigenvalue weighted by Crippen LogP contribution is 2.15. The minimum atomic E-state index is 0.690. The van der Waals surface area contributed by atoms with Crippen molar-refractivity contribution in [3.63, 3.8) is 0 Å². The van der Waals surface area contributed by atoms with Gasteiger partial charge in [-0.1, -0.05) is 13.8 Å². The lowest BCUT2D eigenvalue weighted by Gasteiger charge is -2.22. The minimum absolute atomic E-state index is 0.690. The van der Waals surface area contributed by atoms with Gasteiger partial charge in [-0.25, -0.2) is 0 Å². The molecular formula is C10H22N2. The maximum absolute atomic E-state index is 3.35. The van der Waals surface area contributed by atoms with Crippen LogP contribution in [0.1, 0.15) is 26.7 Å². The van der Waals surface area contributed by atoms with E-state index in [0.29, 0.717) is 6.04 Å². The first-order valence-electron chi connectivity index (χ1n) is 5.15. The first kappa shape index (κ1) is 10.0. The van der Waals surface area contributed by atoms with Gasteiger partial charge in [0, 0.05) is 19.1 Å². The molecule has 0 amide bonds. The van der Waals surface area contributed by atoms with Crippen molar-refractivity contribution in [2.24, 2.45) is 5.92 Å². The molecule has 2 unspecified atom stereocenters. The zero-order chi connectivity index (χ0) is 8.97. The summed E-state index contributed by atoms with van der Waals surface area (Å²) >= 11 is 0. The molecule has 0 bridgehead atoms. The molecule has 0 saturated carbocycles. The van der Waals surface area contributed by atoms with Crippen molar-refractivity contribution in [3.05, 3.63) is 0 Å². The average Bonchev–Trinajstić information content (AvgIpc) is 2.47. The summed E-state index contributed by atoms with van der Waals surface area (Å²) in [6.07, 6.45) is 2.63. The van der Waals surface area contributed by atoms with Crippen molar-refractivity contribution in [1.29, 1.82) is 0 Å². The smallest absolute Gasteiger partial charge is 0.0189 e. The van der Waals surface area contributed by atoms with Gasteiger partial charge in [-0.05, 0) is 32.4 Å². The van der Waals surface area contributed by atoms with E-state index in [0.717, 1.165) is 5.92 Å². The van der Waals surface area contributed by atoms with E-state index in [-0.39, 0.29) is 0 Å². The molecule has 1 aliphatic heterocycles. The van der Waals surface area contributed by atoms with Gasteiger partial charge in [0.15, 0.2) is 0 Å². The van der Waals surface area contributed by atoms with Crippen LogP contribution in [0.15, 0.2) is 0 Å². The van der Waals surface area contributed by atoms with Crippen LogP contribution in [0.5, 0.6) is 0 Å². The van der Waals surface area contributed by atoms with Crippen LogP contribution in [0.4, 0.5) is 0 Å². The second-order valence-electron chi connectivity index (χ2n) is 4.05. The lowest BCUT2D eigenvalue weighted by atomic mass is 10.2. The number of hydrogen-bond donors (Lipinski definition) is 1. The Bertz CT molecular complexity index is 121. The lowest BCUT2D eigenvalue weighted by molar-refractivity contribution is 0.285. The minimum Gasteiger partial charge on any atom is -0.316 e. The number of nitrogens with one attached hydrogen (secondary N) is 1. The predicted molar refractivity (Wildman–Crippen MR) is 53.4 cm³/mol. The van der Waals surface area contributed by atoms with Crippen molar-refractivity contribution < 1.29 is 0 Å². The molecule has 0 spiro atoms. The van der Waals surface area contributed by atoms with Crippen molar-refractivity contribution in [1.82, 2.24) is 10.2 Å². The molecule has 0 radical (unpaired) electrons. The molecule has 0 aromatic heterocycles. The van der Waals surface area contributed by atoms with E-state index in [2.05, 4.69) is 31.1 Å². The fraction of sp³-hybridized carbons (Fsp3) is 1.00. The highest BCUT2D eigenvalue weighted by Gasteiger charge is 2.20. The Kier molecular flexibility index (Phi) is 4.02. The molecule has 2 heteroatoms. The quantitative estimate of drug-likeness (QED) is 0.684. The van der Waals surface area contributed by atoms with Crippen LogP contribution >= 0.6 is 0 Å². The number of likely N-dealkylation sites (N-methyl/N-ethyl adjacent to an activating group) is 1. The standard InChI is InChI=1S/C10H22N2/c1-4-10(11-3)8-12-6-5-9(2)7-12/h9-11H,4-8H2,1-3H3. The van der Waals surface area contributed by atoms with Gasteiger partial charge in [0.25, 0.3) is 0 Å². The molecule has 2 nitrogen and oxygen atoms in total. The Morgan fingerprint density at radius 3 is 2.75 bits per heavy atom. The topological polar surface area (TPSA) is 15.3 Å². The highest BCUT2D eigenvalue weighted by molar-refractivity contribution is 4.76. The van der Waals surface area contributed by atoms with E-state index < -0.39 is 0 Å². The summed E-state index contributed by atoms with van der Waals surface area (Å²) in [6, 6.07) is 0.690. The van der Waals surface area contributed by atoms with E-state index in [1.54, 1.807) is 0 Å². The van der Waals surface area contributed by atoms with Gasteiger partial charge in [-0.2, -0.15) is 0 Å². The van der Waals surface area contributed by atoms with Crippen LogP contribution in [0.3, 0.4) is 0 Å². The third-order valence-corrected chi connectivity index (χ3v) is 2.89. The molecule has 0 aromatic rings. The van der Waals surface area contributed by atoms with E-state index in [4.69, 9.17) is 0 Å². The molecule has 1 saturated heterocycles. The van der Waals surface area contributed by atoms with Crippen molar-refractivity contribution in [2.75, 3.05) is 26.7 Å². The summed E-state index contributed by atoms with van der Waals surface area (Å²) < 4.78 is 0. The number of nitrogens with zero attached hydrogens (tertiary/aromatic N) is 1. The van der Waals surface area contributed by atoms with Crippen LogP contribution in [0.2, 0.25) is 0 Å². The van der Waals surface area contributed by atoms with Crippen molar-refractivity contribution in [2.45, 2.75) is 32.7 Å². The third kappa shape index (κ3) is 2.76. The summed E-state index contributed by atoms with van der Waals surface area (Å²) in [5, 5.41) is 3.35. The monoisotopic (exact) mass is 170 g/mol. The average molecular weight is 170 g/mol. The summed E-state index contributed by atoms with van der Waals surface area (Å²) in [4.78, 5) is 2.58. The molecule has 1 rings (SSSR count). The van der Waals surface area contributed by atoms with E-state index in [1.807, 2.05) is 0 Å². The first-order chi connectivity index (χ1) is 5.76. The van der Waals surface area contributed by atoms with Crippen LogP contribution in [0, 0.1) is 5.92 Å². The zero-order valence-electron chi connectivity index (χ0n) is 8.64. The summed E-state index contributed by atoms with van der Waals surface area (Å²) in [5.41, 5.74) is 0. The van der Waals surface area contributed by atoms with E-state index in [1.165, 1.54) is 32.5 Å². The van der Waals surface area contributed by atoms with E-state index >= 15 is 0 Å². The Balaban J connectivity index is 2.21. The normalized spacial score (nSPS) is 27.8. The zero-order valence-corrected chi connectivity index (χ0v) is 8.64. The van der Waals surface area contributed by atoms with Gasteiger partial charge in [-0.3, -0.25) is 0 Å². The van der Waals surface area contributed by atoms with Gasteiger partial charge < -0.3 is 10.2 Å². The molecule has 1 fully saturated rings.